The van der Waals surface area contributed by atoms with Crippen molar-refractivity contribution in [3.63, 3.8) is 0 Å². The summed E-state index contributed by atoms with van der Waals surface area (Å²) in [4.78, 5) is 27.3. The maximum Gasteiger partial charge on any atom is 0.304 e. The van der Waals surface area contributed by atoms with E-state index in [0.29, 0.717) is 27.4 Å². The first kappa shape index (κ1) is 21.7. The van der Waals surface area contributed by atoms with Gasteiger partial charge in [0, 0.05) is 10.6 Å². The number of fused-ring (bicyclic) bond motifs is 1. The van der Waals surface area contributed by atoms with Crippen LogP contribution >= 0.6 is 11.6 Å². The largest absolute Gasteiger partial charge is 0.379 e. The second-order valence-electron chi connectivity index (χ2n) is 6.93. The molecule has 4 aromatic rings. The third-order valence-electron chi connectivity index (χ3n) is 4.61. The first-order valence-electron chi connectivity index (χ1n) is 9.36. The van der Waals surface area contributed by atoms with Gasteiger partial charge >= 0.3 is 5.91 Å². The van der Waals surface area contributed by atoms with Gasteiger partial charge in [-0.05, 0) is 55.0 Å². The number of primary sulfonamides is 1. The third-order valence-corrected chi connectivity index (χ3v) is 5.76. The summed E-state index contributed by atoms with van der Waals surface area (Å²) in [6.07, 6.45) is 0. The van der Waals surface area contributed by atoms with Crippen molar-refractivity contribution in [2.45, 2.75) is 11.8 Å². The van der Waals surface area contributed by atoms with E-state index in [-0.39, 0.29) is 16.3 Å². The van der Waals surface area contributed by atoms with Crippen LogP contribution in [0.1, 0.15) is 16.1 Å². The van der Waals surface area contributed by atoms with Crippen molar-refractivity contribution in [1.29, 1.82) is 0 Å². The van der Waals surface area contributed by atoms with Gasteiger partial charge in [0.2, 0.25) is 10.0 Å². The van der Waals surface area contributed by atoms with Crippen LogP contribution in [0.25, 0.3) is 22.3 Å². The van der Waals surface area contributed by atoms with Crippen LogP contribution in [0.5, 0.6) is 5.75 Å². The van der Waals surface area contributed by atoms with Crippen molar-refractivity contribution in [3.8, 4) is 17.0 Å². The van der Waals surface area contributed by atoms with Crippen LogP contribution < -0.4 is 15.5 Å². The Morgan fingerprint density at radius 2 is 1.72 bits per heavy atom. The predicted octanol–water partition coefficient (Wildman–Crippen LogP) is 3.63. The summed E-state index contributed by atoms with van der Waals surface area (Å²) in [5.41, 5.74) is 4.63. The van der Waals surface area contributed by atoms with E-state index < -0.39 is 15.9 Å². The van der Waals surface area contributed by atoms with Crippen molar-refractivity contribution in [2.75, 3.05) is 0 Å². The summed E-state index contributed by atoms with van der Waals surface area (Å²) < 4.78 is 23.6. The number of para-hydroxylation sites is 2. The summed E-state index contributed by atoms with van der Waals surface area (Å²) in [7, 11) is -3.95. The highest BCUT2D eigenvalue weighted by molar-refractivity contribution is 7.89. The molecule has 0 aliphatic heterocycles. The summed E-state index contributed by atoms with van der Waals surface area (Å²) in [6, 6.07) is 17.8. The molecular formula is C22H17ClN4O4S. The molecule has 162 valence electrons. The number of nitrogens with two attached hydrogens (primary N) is 1. The first-order chi connectivity index (χ1) is 15.2. The number of sulfonamides is 1. The monoisotopic (exact) mass is 468 g/mol. The van der Waals surface area contributed by atoms with Gasteiger partial charge in [0.05, 0.1) is 15.9 Å². The second-order valence-corrected chi connectivity index (χ2v) is 8.92. The Bertz CT molecular complexity index is 1460. The molecular weight excluding hydrogens is 452 g/mol. The van der Waals surface area contributed by atoms with Gasteiger partial charge in [-0.1, -0.05) is 35.9 Å². The highest BCUT2D eigenvalue weighted by atomic mass is 35.5. The van der Waals surface area contributed by atoms with Crippen LogP contribution in [0.2, 0.25) is 5.02 Å². The third kappa shape index (κ3) is 4.54. The lowest BCUT2D eigenvalue weighted by Gasteiger charge is -2.13. The Labute approximate surface area is 189 Å². The van der Waals surface area contributed by atoms with E-state index in [0.717, 1.165) is 5.56 Å². The van der Waals surface area contributed by atoms with Crippen molar-refractivity contribution in [1.82, 2.24) is 15.4 Å². The lowest BCUT2D eigenvalue weighted by atomic mass is 10.1. The van der Waals surface area contributed by atoms with Crippen LogP contribution in [-0.4, -0.2) is 24.3 Å². The standard InChI is InChI=1S/C22H17ClN4O4S/c1-13-11-15(23)9-10-19(13)31-27-22(28)21-20(25-17-7-2-3-8-18(17)26-21)14-5-4-6-16(12-14)32(24,29)30/h2-12H,1H3,(H,27,28)(H2,24,29,30). The molecule has 0 unspecified atom stereocenters. The van der Waals surface area contributed by atoms with E-state index in [4.69, 9.17) is 21.6 Å². The van der Waals surface area contributed by atoms with Crippen LogP contribution in [0, 0.1) is 6.92 Å². The number of nitrogens with one attached hydrogen (secondary N) is 1. The molecule has 3 N–H and O–H groups in total. The maximum absolute atomic E-state index is 13.0. The molecule has 0 bridgehead atoms. The Morgan fingerprint density at radius 3 is 2.41 bits per heavy atom. The lowest BCUT2D eigenvalue weighted by molar-refractivity contribution is 0.0754. The summed E-state index contributed by atoms with van der Waals surface area (Å²) in [5, 5.41) is 5.80. The minimum Gasteiger partial charge on any atom is -0.379 e. The molecule has 0 saturated carbocycles. The molecule has 32 heavy (non-hydrogen) atoms. The summed E-state index contributed by atoms with van der Waals surface area (Å²) >= 11 is 5.95. The molecule has 0 radical (unpaired) electrons. The SMILES string of the molecule is Cc1cc(Cl)ccc1ONC(=O)c1nc2ccccc2nc1-c1cccc(S(N)(=O)=O)c1. The lowest BCUT2D eigenvalue weighted by Crippen LogP contribution is -2.29. The molecule has 0 aliphatic carbocycles. The van der Waals surface area contributed by atoms with E-state index in [1.165, 1.54) is 18.2 Å². The summed E-state index contributed by atoms with van der Waals surface area (Å²) in [5.74, 6) is -0.247. The topological polar surface area (TPSA) is 124 Å². The van der Waals surface area contributed by atoms with Gasteiger partial charge in [0.1, 0.15) is 5.69 Å². The quantitative estimate of drug-likeness (QED) is 0.431. The number of amides is 1. The Hall–Kier alpha value is -3.53. The van der Waals surface area contributed by atoms with Crippen LogP contribution in [-0.2, 0) is 10.0 Å². The number of aromatic nitrogens is 2. The van der Waals surface area contributed by atoms with E-state index in [9.17, 15) is 13.2 Å². The number of carbonyl (C=O) groups excluding carboxylic acids is 1. The molecule has 10 heteroatoms. The molecule has 0 spiro atoms. The van der Waals surface area contributed by atoms with E-state index >= 15 is 0 Å². The number of aryl methyl sites for hydroxylation is 1. The van der Waals surface area contributed by atoms with Gasteiger partial charge in [-0.25, -0.2) is 23.5 Å². The van der Waals surface area contributed by atoms with Crippen molar-refractivity contribution < 1.29 is 18.0 Å². The molecule has 4 rings (SSSR count). The molecule has 3 aromatic carbocycles. The smallest absolute Gasteiger partial charge is 0.304 e. The van der Waals surface area contributed by atoms with Crippen molar-refractivity contribution in [3.05, 3.63) is 83.0 Å². The van der Waals surface area contributed by atoms with Gasteiger partial charge in [0.15, 0.2) is 11.4 Å². The highest BCUT2D eigenvalue weighted by Crippen LogP contribution is 2.26. The van der Waals surface area contributed by atoms with Crippen molar-refractivity contribution >= 4 is 38.6 Å². The van der Waals surface area contributed by atoms with Crippen molar-refractivity contribution in [2.24, 2.45) is 5.14 Å². The zero-order chi connectivity index (χ0) is 22.9. The number of hydroxylamine groups is 1. The van der Waals surface area contributed by atoms with Gasteiger partial charge in [-0.3, -0.25) is 4.79 Å². The highest BCUT2D eigenvalue weighted by Gasteiger charge is 2.20. The number of carbonyl (C=O) groups is 1. The van der Waals surface area contributed by atoms with E-state index in [1.807, 2.05) is 0 Å². The fraction of sp³-hybridized carbons (Fsp3) is 0.0455. The number of hydrogen-bond acceptors (Lipinski definition) is 6. The number of hydrogen-bond donors (Lipinski definition) is 2. The number of halogens is 1. The molecule has 0 fully saturated rings. The molecule has 1 aromatic heterocycles. The van der Waals surface area contributed by atoms with E-state index in [2.05, 4.69) is 15.4 Å². The van der Waals surface area contributed by atoms with Gasteiger partial charge in [0.25, 0.3) is 0 Å². The molecule has 0 atom stereocenters. The Morgan fingerprint density at radius 1 is 1.00 bits per heavy atom. The minimum atomic E-state index is -3.95. The number of nitrogens with zero attached hydrogens (tertiary/aromatic N) is 2. The number of benzene rings is 3. The Balaban J connectivity index is 1.77. The zero-order valence-electron chi connectivity index (χ0n) is 16.7. The second kappa shape index (κ2) is 8.54. The minimum absolute atomic E-state index is 0.0399. The van der Waals surface area contributed by atoms with Gasteiger partial charge in [-0.2, -0.15) is 5.48 Å². The zero-order valence-corrected chi connectivity index (χ0v) is 18.3. The van der Waals surface area contributed by atoms with Crippen LogP contribution in [0.15, 0.2) is 71.6 Å². The molecule has 8 nitrogen and oxygen atoms in total. The molecule has 0 aliphatic rings. The van der Waals surface area contributed by atoms with Crippen LogP contribution in [0.3, 0.4) is 0 Å². The maximum atomic E-state index is 13.0. The Kier molecular flexibility index (Phi) is 5.79. The number of rotatable bonds is 5. The first-order valence-corrected chi connectivity index (χ1v) is 11.3. The van der Waals surface area contributed by atoms with Gasteiger partial charge in [-0.15, -0.1) is 0 Å². The molecule has 1 heterocycles. The van der Waals surface area contributed by atoms with Crippen LogP contribution in [0.4, 0.5) is 0 Å². The summed E-state index contributed by atoms with van der Waals surface area (Å²) in [6.45, 7) is 1.79. The average molecular weight is 469 g/mol. The average Bonchev–Trinajstić information content (AvgIpc) is 2.77. The normalized spacial score (nSPS) is 11.3. The van der Waals surface area contributed by atoms with E-state index in [1.54, 1.807) is 55.5 Å². The fourth-order valence-corrected chi connectivity index (χ4v) is 3.84. The fourth-order valence-electron chi connectivity index (χ4n) is 3.06. The van der Waals surface area contributed by atoms with Gasteiger partial charge < -0.3 is 4.84 Å². The molecule has 1 amide bonds. The predicted molar refractivity (Wildman–Crippen MR) is 121 cm³/mol. The molecule has 0 saturated heterocycles.